The smallest absolute Gasteiger partial charge is 0.229 e. The minimum absolute atomic E-state index is 0.0186. The third kappa shape index (κ3) is 2.86. The fourth-order valence-electron chi connectivity index (χ4n) is 0.703. The number of carbonyl (C=O) groups is 1. The Balaban J connectivity index is 2.66. The van der Waals surface area contributed by atoms with Gasteiger partial charge in [0.1, 0.15) is 0 Å². The predicted octanol–water partition coefficient (Wildman–Crippen LogP) is 1.87. The van der Waals surface area contributed by atoms with Crippen molar-refractivity contribution in [3.63, 3.8) is 0 Å². The molecule has 1 heterocycles. The third-order valence-corrected chi connectivity index (χ3v) is 1.55. The van der Waals surface area contributed by atoms with E-state index < -0.39 is 0 Å². The molecule has 0 saturated carbocycles. The maximum absolute atomic E-state index is 11.5. The highest BCUT2D eigenvalue weighted by atomic mass is 16.2. The molecule has 1 amide bonds. The number of carbonyl (C=O) groups excluding carboxylic acids is 1. The van der Waals surface area contributed by atoms with Crippen molar-refractivity contribution in [2.75, 3.05) is 5.32 Å². The Kier molecular flexibility index (Phi) is 2.66. The zero-order valence-electron chi connectivity index (χ0n) is 8.09. The van der Waals surface area contributed by atoms with Gasteiger partial charge in [0.2, 0.25) is 5.91 Å². The lowest BCUT2D eigenvalue weighted by Gasteiger charge is -2.17. The van der Waals surface area contributed by atoms with Crippen LogP contribution in [0.1, 0.15) is 20.8 Å². The molecule has 0 aromatic carbocycles. The highest BCUT2D eigenvalue weighted by molar-refractivity contribution is 5.94. The molecule has 0 saturated heterocycles. The number of hydrogen-bond acceptors (Lipinski definition) is 2. The van der Waals surface area contributed by atoms with Gasteiger partial charge in [-0.05, 0) is 6.07 Å². The first-order chi connectivity index (χ1) is 6.00. The van der Waals surface area contributed by atoms with Crippen molar-refractivity contribution >= 4 is 11.6 Å². The van der Waals surface area contributed by atoms with E-state index in [0.717, 1.165) is 0 Å². The van der Waals surface area contributed by atoms with Crippen LogP contribution in [-0.2, 0) is 4.79 Å². The van der Waals surface area contributed by atoms with Crippen molar-refractivity contribution in [2.45, 2.75) is 20.8 Å². The Labute approximate surface area is 78.2 Å². The van der Waals surface area contributed by atoms with Crippen LogP contribution in [0.15, 0.2) is 18.5 Å². The summed E-state index contributed by atoms with van der Waals surface area (Å²) in [6.07, 6.45) is 3.15. The van der Waals surface area contributed by atoms with Crippen molar-refractivity contribution in [1.29, 1.82) is 0 Å². The van der Waals surface area contributed by atoms with Crippen molar-refractivity contribution in [3.05, 3.63) is 24.5 Å². The third-order valence-electron chi connectivity index (χ3n) is 1.55. The average molecular weight is 177 g/mol. The monoisotopic (exact) mass is 177 g/mol. The van der Waals surface area contributed by atoms with Crippen LogP contribution in [0, 0.1) is 11.5 Å². The van der Waals surface area contributed by atoms with Crippen LogP contribution in [0.2, 0.25) is 0 Å². The van der Waals surface area contributed by atoms with Gasteiger partial charge in [0, 0.05) is 23.9 Å². The SMILES string of the molecule is CC(C)(C)C(=O)Nc1[c]cncc1. The zero-order valence-corrected chi connectivity index (χ0v) is 8.09. The second-order valence-electron chi connectivity index (χ2n) is 3.86. The number of nitrogens with zero attached hydrogens (tertiary/aromatic N) is 1. The molecule has 0 bridgehead atoms. The van der Waals surface area contributed by atoms with Crippen LogP contribution in [0.3, 0.4) is 0 Å². The van der Waals surface area contributed by atoms with E-state index in [0.29, 0.717) is 5.69 Å². The quantitative estimate of drug-likeness (QED) is 0.711. The van der Waals surface area contributed by atoms with Gasteiger partial charge in [-0.3, -0.25) is 9.78 Å². The van der Waals surface area contributed by atoms with E-state index in [1.165, 1.54) is 6.20 Å². The second-order valence-corrected chi connectivity index (χ2v) is 3.86. The van der Waals surface area contributed by atoms with Crippen LogP contribution in [0.5, 0.6) is 0 Å². The first kappa shape index (κ1) is 9.71. The van der Waals surface area contributed by atoms with E-state index in [-0.39, 0.29) is 11.3 Å². The van der Waals surface area contributed by atoms with Crippen molar-refractivity contribution < 1.29 is 4.79 Å². The summed E-state index contributed by atoms with van der Waals surface area (Å²) in [4.78, 5) is 15.3. The molecule has 0 aliphatic heterocycles. The molecule has 13 heavy (non-hydrogen) atoms. The molecular weight excluding hydrogens is 164 g/mol. The van der Waals surface area contributed by atoms with Crippen LogP contribution in [-0.4, -0.2) is 10.9 Å². The summed E-state index contributed by atoms with van der Waals surface area (Å²) in [6.45, 7) is 5.59. The van der Waals surface area contributed by atoms with Gasteiger partial charge in [-0.25, -0.2) is 0 Å². The van der Waals surface area contributed by atoms with E-state index in [4.69, 9.17) is 0 Å². The number of amides is 1. The predicted molar refractivity (Wildman–Crippen MR) is 51.2 cm³/mol. The molecule has 0 fully saturated rings. The number of pyridine rings is 1. The van der Waals surface area contributed by atoms with Crippen molar-refractivity contribution in [1.82, 2.24) is 4.98 Å². The van der Waals surface area contributed by atoms with E-state index in [1.807, 2.05) is 20.8 Å². The molecule has 0 unspecified atom stereocenters. The topological polar surface area (TPSA) is 42.0 Å². The van der Waals surface area contributed by atoms with Crippen LogP contribution in [0.25, 0.3) is 0 Å². The van der Waals surface area contributed by atoms with Crippen molar-refractivity contribution in [2.24, 2.45) is 5.41 Å². The Bertz CT molecular complexity index is 288. The van der Waals surface area contributed by atoms with Gasteiger partial charge in [0.15, 0.2) is 0 Å². The Morgan fingerprint density at radius 1 is 1.54 bits per heavy atom. The Hall–Kier alpha value is -1.38. The van der Waals surface area contributed by atoms with E-state index >= 15 is 0 Å². The number of nitrogens with one attached hydrogen (secondary N) is 1. The Morgan fingerprint density at radius 2 is 2.23 bits per heavy atom. The molecule has 3 heteroatoms. The average Bonchev–Trinajstić information content (AvgIpc) is 2.04. The molecule has 3 nitrogen and oxygen atoms in total. The molecule has 1 radical (unpaired) electrons. The molecule has 0 spiro atoms. The van der Waals surface area contributed by atoms with Gasteiger partial charge in [-0.1, -0.05) is 20.8 Å². The van der Waals surface area contributed by atoms with Gasteiger partial charge in [-0.15, -0.1) is 0 Å². The van der Waals surface area contributed by atoms with Gasteiger partial charge < -0.3 is 5.32 Å². The van der Waals surface area contributed by atoms with E-state index in [1.54, 1.807) is 12.3 Å². The van der Waals surface area contributed by atoms with Crippen LogP contribution in [0.4, 0.5) is 5.69 Å². The summed E-state index contributed by atoms with van der Waals surface area (Å²) in [6, 6.07) is 4.54. The van der Waals surface area contributed by atoms with Crippen LogP contribution < -0.4 is 5.32 Å². The molecular formula is C10H13N2O. The van der Waals surface area contributed by atoms with E-state index in [2.05, 4.69) is 16.4 Å². The first-order valence-electron chi connectivity index (χ1n) is 4.13. The molecule has 1 aromatic heterocycles. The fraction of sp³-hybridized carbons (Fsp3) is 0.400. The number of hydrogen-bond donors (Lipinski definition) is 1. The van der Waals surface area contributed by atoms with Crippen molar-refractivity contribution in [3.8, 4) is 0 Å². The highest BCUT2D eigenvalue weighted by Crippen LogP contribution is 2.16. The second kappa shape index (κ2) is 3.56. The summed E-state index contributed by atoms with van der Waals surface area (Å²) in [5.74, 6) is -0.0186. The summed E-state index contributed by atoms with van der Waals surface area (Å²) >= 11 is 0. The van der Waals surface area contributed by atoms with Gasteiger partial charge in [0.25, 0.3) is 0 Å². The summed E-state index contributed by atoms with van der Waals surface area (Å²) in [7, 11) is 0. The molecule has 1 N–H and O–H groups in total. The number of aromatic nitrogens is 1. The zero-order chi connectivity index (χ0) is 9.90. The lowest BCUT2D eigenvalue weighted by atomic mass is 9.95. The molecule has 0 aliphatic rings. The fourth-order valence-corrected chi connectivity index (χ4v) is 0.703. The van der Waals surface area contributed by atoms with E-state index in [9.17, 15) is 4.79 Å². The molecule has 0 aliphatic carbocycles. The van der Waals surface area contributed by atoms with Gasteiger partial charge >= 0.3 is 0 Å². The van der Waals surface area contributed by atoms with Gasteiger partial charge in [-0.2, -0.15) is 0 Å². The molecule has 1 rings (SSSR count). The van der Waals surface area contributed by atoms with Crippen LogP contribution >= 0.6 is 0 Å². The summed E-state index contributed by atoms with van der Waals surface area (Å²) in [5.41, 5.74) is 0.284. The number of rotatable bonds is 1. The summed E-state index contributed by atoms with van der Waals surface area (Å²) in [5, 5.41) is 2.75. The first-order valence-corrected chi connectivity index (χ1v) is 4.13. The minimum atomic E-state index is -0.378. The number of anilines is 1. The largest absolute Gasteiger partial charge is 0.325 e. The molecule has 1 aromatic rings. The summed E-state index contributed by atoms with van der Waals surface area (Å²) < 4.78 is 0. The van der Waals surface area contributed by atoms with Gasteiger partial charge in [0.05, 0.1) is 5.69 Å². The molecule has 0 atom stereocenters. The lowest BCUT2D eigenvalue weighted by molar-refractivity contribution is -0.123. The standard InChI is InChI=1S/C10H13N2O/c1-10(2,3)9(13)12-8-4-6-11-7-5-8/h4,6-7H,1-3H3,(H,11,12,13). The maximum Gasteiger partial charge on any atom is 0.229 e. The maximum atomic E-state index is 11.5. The molecule has 69 valence electrons. The highest BCUT2D eigenvalue weighted by Gasteiger charge is 2.20. The normalized spacial score (nSPS) is 11.0. The minimum Gasteiger partial charge on any atom is -0.325 e. The Morgan fingerprint density at radius 3 is 2.69 bits per heavy atom. The lowest BCUT2D eigenvalue weighted by Crippen LogP contribution is -2.27.